The number of nitrogens with one attached hydrogen (secondary N) is 1. The lowest BCUT2D eigenvalue weighted by Gasteiger charge is -2.35. The lowest BCUT2D eigenvalue weighted by molar-refractivity contribution is 0.0164. The molecule has 0 aromatic heterocycles. The van der Waals surface area contributed by atoms with Gasteiger partial charge in [-0.15, -0.1) is 0 Å². The Labute approximate surface area is 85.8 Å². The zero-order chi connectivity index (χ0) is 9.97. The fourth-order valence-corrected chi connectivity index (χ4v) is 2.49. The molecule has 0 spiro atoms. The van der Waals surface area contributed by atoms with Crippen molar-refractivity contribution in [3.63, 3.8) is 0 Å². The molecule has 3 nitrogen and oxygen atoms in total. The third-order valence-electron chi connectivity index (χ3n) is 3.64. The molecule has 2 N–H and O–H groups in total. The second kappa shape index (κ2) is 4.60. The van der Waals surface area contributed by atoms with Crippen LogP contribution in [0.5, 0.6) is 0 Å². The van der Waals surface area contributed by atoms with E-state index in [2.05, 4.69) is 5.32 Å². The molecule has 0 bridgehead atoms. The van der Waals surface area contributed by atoms with Crippen LogP contribution in [0.3, 0.4) is 0 Å². The molecule has 2 atom stereocenters. The summed E-state index contributed by atoms with van der Waals surface area (Å²) in [6, 6.07) is 0.665. The van der Waals surface area contributed by atoms with Gasteiger partial charge in [0.25, 0.3) is 0 Å². The van der Waals surface area contributed by atoms with Crippen LogP contribution >= 0.6 is 0 Å². The van der Waals surface area contributed by atoms with Crippen LogP contribution in [0.4, 0.5) is 0 Å². The smallest absolute Gasteiger partial charge is 0.0601 e. The standard InChI is InChI=1S/C11H21NO2/c1-14-11-5-9(6-11)12-7-8-2-3-10(13)4-8/h8-13H,2-7H2,1H3. The van der Waals surface area contributed by atoms with Crippen LogP contribution in [0, 0.1) is 5.92 Å². The van der Waals surface area contributed by atoms with Crippen molar-refractivity contribution in [2.75, 3.05) is 13.7 Å². The van der Waals surface area contributed by atoms with Crippen LogP contribution in [0.15, 0.2) is 0 Å². The quantitative estimate of drug-likeness (QED) is 0.707. The van der Waals surface area contributed by atoms with Crippen molar-refractivity contribution in [2.45, 2.75) is 50.4 Å². The van der Waals surface area contributed by atoms with Gasteiger partial charge >= 0.3 is 0 Å². The van der Waals surface area contributed by atoms with Crippen LogP contribution in [-0.4, -0.2) is 37.0 Å². The predicted octanol–water partition coefficient (Wildman–Crippen LogP) is 0.914. The topological polar surface area (TPSA) is 41.5 Å². The van der Waals surface area contributed by atoms with E-state index >= 15 is 0 Å². The van der Waals surface area contributed by atoms with Gasteiger partial charge in [-0.05, 0) is 44.6 Å². The normalized spacial score (nSPS) is 42.4. The van der Waals surface area contributed by atoms with Crippen molar-refractivity contribution < 1.29 is 9.84 Å². The first-order valence-electron chi connectivity index (χ1n) is 5.72. The lowest BCUT2D eigenvalue weighted by atomic mass is 9.89. The Bertz CT molecular complexity index is 180. The Balaban J connectivity index is 1.56. The zero-order valence-corrected chi connectivity index (χ0v) is 8.91. The van der Waals surface area contributed by atoms with Gasteiger partial charge in [-0.2, -0.15) is 0 Å². The monoisotopic (exact) mass is 199 g/mol. The molecule has 14 heavy (non-hydrogen) atoms. The van der Waals surface area contributed by atoms with E-state index in [1.165, 1.54) is 6.42 Å². The molecule has 2 unspecified atom stereocenters. The summed E-state index contributed by atoms with van der Waals surface area (Å²) in [6.45, 7) is 1.08. The molecule has 0 saturated heterocycles. The molecular weight excluding hydrogens is 178 g/mol. The molecule has 0 radical (unpaired) electrons. The average molecular weight is 199 g/mol. The highest BCUT2D eigenvalue weighted by molar-refractivity contribution is 4.87. The van der Waals surface area contributed by atoms with Crippen molar-refractivity contribution in [1.29, 1.82) is 0 Å². The summed E-state index contributed by atoms with van der Waals surface area (Å²) >= 11 is 0. The molecule has 3 heteroatoms. The van der Waals surface area contributed by atoms with Gasteiger partial charge in [-0.25, -0.2) is 0 Å². The van der Waals surface area contributed by atoms with Crippen LogP contribution in [0.25, 0.3) is 0 Å². The number of aliphatic hydroxyl groups is 1. The number of aliphatic hydroxyl groups excluding tert-OH is 1. The molecule has 0 heterocycles. The van der Waals surface area contributed by atoms with Gasteiger partial charge in [-0.3, -0.25) is 0 Å². The summed E-state index contributed by atoms with van der Waals surface area (Å²) < 4.78 is 5.23. The maximum Gasteiger partial charge on any atom is 0.0601 e. The maximum atomic E-state index is 9.37. The van der Waals surface area contributed by atoms with Crippen LogP contribution in [0.1, 0.15) is 32.1 Å². The van der Waals surface area contributed by atoms with E-state index in [0.717, 1.165) is 32.2 Å². The van der Waals surface area contributed by atoms with E-state index in [1.807, 2.05) is 0 Å². The third kappa shape index (κ3) is 2.47. The number of ether oxygens (including phenoxy) is 1. The average Bonchev–Trinajstić information content (AvgIpc) is 2.49. The van der Waals surface area contributed by atoms with Crippen LogP contribution < -0.4 is 5.32 Å². The number of methoxy groups -OCH3 is 1. The summed E-state index contributed by atoms with van der Waals surface area (Å²) in [5, 5.41) is 12.9. The molecule has 2 fully saturated rings. The highest BCUT2D eigenvalue weighted by Crippen LogP contribution is 2.27. The minimum Gasteiger partial charge on any atom is -0.393 e. The first-order chi connectivity index (χ1) is 6.78. The second-order valence-corrected chi connectivity index (χ2v) is 4.77. The highest BCUT2D eigenvalue weighted by Gasteiger charge is 2.30. The molecule has 2 aliphatic rings. The number of rotatable bonds is 4. The fourth-order valence-electron chi connectivity index (χ4n) is 2.49. The highest BCUT2D eigenvalue weighted by atomic mass is 16.5. The predicted molar refractivity (Wildman–Crippen MR) is 55.2 cm³/mol. The van der Waals surface area contributed by atoms with E-state index in [1.54, 1.807) is 7.11 Å². The second-order valence-electron chi connectivity index (χ2n) is 4.77. The molecule has 82 valence electrons. The Morgan fingerprint density at radius 2 is 2.07 bits per heavy atom. The van der Waals surface area contributed by atoms with E-state index in [4.69, 9.17) is 4.74 Å². The molecule has 0 aliphatic heterocycles. The van der Waals surface area contributed by atoms with Crippen LogP contribution in [0.2, 0.25) is 0 Å². The van der Waals surface area contributed by atoms with Crippen LogP contribution in [-0.2, 0) is 4.74 Å². The minimum absolute atomic E-state index is 0.0325. The number of hydrogen-bond donors (Lipinski definition) is 2. The van der Waals surface area contributed by atoms with Crippen molar-refractivity contribution in [3.8, 4) is 0 Å². The molecular formula is C11H21NO2. The first kappa shape index (κ1) is 10.4. The summed E-state index contributed by atoms with van der Waals surface area (Å²) in [7, 11) is 1.79. The minimum atomic E-state index is -0.0325. The van der Waals surface area contributed by atoms with Crippen molar-refractivity contribution in [3.05, 3.63) is 0 Å². The van der Waals surface area contributed by atoms with Gasteiger partial charge in [0.2, 0.25) is 0 Å². The summed E-state index contributed by atoms with van der Waals surface area (Å²) in [4.78, 5) is 0. The molecule has 0 aromatic rings. The number of hydrogen-bond acceptors (Lipinski definition) is 3. The third-order valence-corrected chi connectivity index (χ3v) is 3.64. The van der Waals surface area contributed by atoms with E-state index < -0.39 is 0 Å². The fraction of sp³-hybridized carbons (Fsp3) is 1.00. The molecule has 2 saturated carbocycles. The summed E-state index contributed by atoms with van der Waals surface area (Å²) in [5.41, 5.74) is 0. The molecule has 2 aliphatic carbocycles. The van der Waals surface area contributed by atoms with Gasteiger partial charge < -0.3 is 15.2 Å². The Kier molecular flexibility index (Phi) is 3.42. The van der Waals surface area contributed by atoms with Gasteiger partial charge in [-0.1, -0.05) is 0 Å². The molecule has 0 aromatic carbocycles. The Morgan fingerprint density at radius 3 is 2.64 bits per heavy atom. The van der Waals surface area contributed by atoms with Crippen molar-refractivity contribution >= 4 is 0 Å². The van der Waals surface area contributed by atoms with E-state index in [9.17, 15) is 5.11 Å². The van der Waals surface area contributed by atoms with E-state index in [0.29, 0.717) is 18.1 Å². The molecule has 0 amide bonds. The molecule has 2 rings (SSSR count). The maximum absolute atomic E-state index is 9.37. The summed E-state index contributed by atoms with van der Waals surface area (Å²) in [5.74, 6) is 0.701. The van der Waals surface area contributed by atoms with Gasteiger partial charge in [0.05, 0.1) is 12.2 Å². The van der Waals surface area contributed by atoms with Crippen molar-refractivity contribution in [2.24, 2.45) is 5.92 Å². The first-order valence-corrected chi connectivity index (χ1v) is 5.72. The van der Waals surface area contributed by atoms with Crippen molar-refractivity contribution in [1.82, 2.24) is 5.32 Å². The SMILES string of the molecule is COC1CC(NCC2CCC(O)C2)C1. The van der Waals surface area contributed by atoms with Gasteiger partial charge in [0.15, 0.2) is 0 Å². The van der Waals surface area contributed by atoms with E-state index in [-0.39, 0.29) is 6.10 Å². The zero-order valence-electron chi connectivity index (χ0n) is 8.91. The van der Waals surface area contributed by atoms with Gasteiger partial charge in [0.1, 0.15) is 0 Å². The summed E-state index contributed by atoms with van der Waals surface area (Å²) in [6.07, 6.45) is 5.95. The largest absolute Gasteiger partial charge is 0.393 e. The Hall–Kier alpha value is -0.120. The lowest BCUT2D eigenvalue weighted by Crippen LogP contribution is -2.46. The Morgan fingerprint density at radius 1 is 1.29 bits per heavy atom. The van der Waals surface area contributed by atoms with Gasteiger partial charge in [0, 0.05) is 13.2 Å².